The van der Waals surface area contributed by atoms with E-state index >= 15 is 0 Å². The van der Waals surface area contributed by atoms with Crippen molar-refractivity contribution < 1.29 is 22.7 Å². The molecule has 1 atom stereocenters. The van der Waals surface area contributed by atoms with E-state index < -0.39 is 10.0 Å². The average Bonchev–Trinajstić information content (AvgIpc) is 3.26. The number of hydrogen-bond donors (Lipinski definition) is 2. The van der Waals surface area contributed by atoms with Crippen LogP contribution < -0.4 is 14.8 Å². The molecule has 2 aromatic rings. The molecule has 156 valence electrons. The minimum Gasteiger partial charge on any atom is -0.496 e. The van der Waals surface area contributed by atoms with Crippen molar-refractivity contribution in [1.82, 2.24) is 4.72 Å². The van der Waals surface area contributed by atoms with E-state index in [4.69, 9.17) is 9.47 Å². The third-order valence-electron chi connectivity index (χ3n) is 4.60. The van der Waals surface area contributed by atoms with Crippen LogP contribution in [0.1, 0.15) is 23.2 Å². The molecule has 2 N–H and O–H groups in total. The summed E-state index contributed by atoms with van der Waals surface area (Å²) < 4.78 is 38.1. The van der Waals surface area contributed by atoms with Gasteiger partial charge in [0.05, 0.1) is 23.7 Å². The van der Waals surface area contributed by atoms with Crippen LogP contribution in [0.4, 0.5) is 5.69 Å². The Morgan fingerprint density at radius 2 is 2.00 bits per heavy atom. The number of amides is 1. The van der Waals surface area contributed by atoms with Gasteiger partial charge in [-0.2, -0.15) is 0 Å². The Kier molecular flexibility index (Phi) is 7.18. The number of ether oxygens (including phenoxy) is 2. The van der Waals surface area contributed by atoms with Gasteiger partial charge in [-0.05, 0) is 61.6 Å². The van der Waals surface area contributed by atoms with E-state index in [2.05, 4.69) is 10.0 Å². The van der Waals surface area contributed by atoms with Gasteiger partial charge < -0.3 is 14.8 Å². The van der Waals surface area contributed by atoms with E-state index in [1.54, 1.807) is 36.0 Å². The molecule has 0 radical (unpaired) electrons. The molecule has 1 fully saturated rings. The van der Waals surface area contributed by atoms with Gasteiger partial charge >= 0.3 is 0 Å². The van der Waals surface area contributed by atoms with Crippen LogP contribution in [-0.4, -0.2) is 46.9 Å². The second-order valence-electron chi connectivity index (χ2n) is 6.53. The topological polar surface area (TPSA) is 93.7 Å². The number of benzene rings is 2. The third kappa shape index (κ3) is 5.51. The Bertz CT molecular complexity index is 955. The second-order valence-corrected chi connectivity index (χ2v) is 9.18. The number of hydrogen-bond acceptors (Lipinski definition) is 6. The normalized spacial score (nSPS) is 16.6. The van der Waals surface area contributed by atoms with Gasteiger partial charge in [0.25, 0.3) is 5.91 Å². The van der Waals surface area contributed by atoms with E-state index in [1.165, 1.54) is 19.2 Å². The molecule has 7 nitrogen and oxygen atoms in total. The summed E-state index contributed by atoms with van der Waals surface area (Å²) in [5.74, 6) is 0.147. The van der Waals surface area contributed by atoms with Gasteiger partial charge in [0.15, 0.2) is 0 Å². The summed E-state index contributed by atoms with van der Waals surface area (Å²) in [5, 5.41) is 2.76. The van der Waals surface area contributed by atoms with Gasteiger partial charge in [0.2, 0.25) is 10.0 Å². The van der Waals surface area contributed by atoms with Crippen molar-refractivity contribution in [3.05, 3.63) is 48.0 Å². The highest BCUT2D eigenvalue weighted by Gasteiger charge is 2.20. The fourth-order valence-electron chi connectivity index (χ4n) is 2.99. The summed E-state index contributed by atoms with van der Waals surface area (Å²) in [6, 6.07) is 11.4. The van der Waals surface area contributed by atoms with E-state index in [0.29, 0.717) is 23.6 Å². The molecule has 0 bridgehead atoms. The first-order valence-corrected chi connectivity index (χ1v) is 11.9. The molecule has 1 saturated heterocycles. The standard InChI is InChI=1S/C20H24N2O5S2/c1-26-19-12-16(28-2)7-10-18(19)20(23)22-14-5-8-17(9-6-14)29(24,25)21-13-15-4-3-11-27-15/h5-10,12,15,21H,3-4,11,13H2,1-2H3,(H,22,23)/t15-/m1/s1. The molecule has 9 heteroatoms. The second kappa shape index (κ2) is 9.62. The van der Waals surface area contributed by atoms with E-state index in [0.717, 1.165) is 17.7 Å². The van der Waals surface area contributed by atoms with Gasteiger partial charge in [-0.1, -0.05) is 0 Å². The first kappa shape index (κ1) is 21.6. The Labute approximate surface area is 175 Å². The van der Waals surface area contributed by atoms with Crippen LogP contribution in [-0.2, 0) is 14.8 Å². The van der Waals surface area contributed by atoms with Crippen molar-refractivity contribution in [1.29, 1.82) is 0 Å². The summed E-state index contributed by atoms with van der Waals surface area (Å²) >= 11 is 1.56. The summed E-state index contributed by atoms with van der Waals surface area (Å²) in [6.45, 7) is 0.929. The minimum absolute atomic E-state index is 0.0733. The fraction of sp³-hybridized carbons (Fsp3) is 0.350. The highest BCUT2D eigenvalue weighted by atomic mass is 32.2. The number of nitrogens with one attached hydrogen (secondary N) is 2. The lowest BCUT2D eigenvalue weighted by atomic mass is 10.2. The Morgan fingerprint density at radius 1 is 1.24 bits per heavy atom. The van der Waals surface area contributed by atoms with Crippen molar-refractivity contribution in [2.24, 2.45) is 0 Å². The van der Waals surface area contributed by atoms with Gasteiger partial charge in [-0.15, -0.1) is 11.8 Å². The highest BCUT2D eigenvalue weighted by molar-refractivity contribution is 7.98. The summed E-state index contributed by atoms with van der Waals surface area (Å²) in [5.41, 5.74) is 0.893. The maximum atomic E-state index is 12.6. The van der Waals surface area contributed by atoms with E-state index in [1.807, 2.05) is 12.3 Å². The molecule has 29 heavy (non-hydrogen) atoms. The number of sulfonamides is 1. The van der Waals surface area contributed by atoms with Crippen molar-refractivity contribution >= 4 is 33.4 Å². The molecule has 0 saturated carbocycles. The molecule has 0 aromatic heterocycles. The number of thioether (sulfide) groups is 1. The molecular formula is C20H24N2O5S2. The number of carbonyl (C=O) groups is 1. The van der Waals surface area contributed by atoms with E-state index in [9.17, 15) is 13.2 Å². The van der Waals surface area contributed by atoms with Gasteiger partial charge in [0.1, 0.15) is 5.75 Å². The van der Waals surface area contributed by atoms with Crippen LogP contribution in [0.5, 0.6) is 5.75 Å². The van der Waals surface area contributed by atoms with E-state index in [-0.39, 0.29) is 23.5 Å². The van der Waals surface area contributed by atoms with Gasteiger partial charge in [-0.3, -0.25) is 4.79 Å². The van der Waals surface area contributed by atoms with Crippen molar-refractivity contribution in [2.75, 3.05) is 31.8 Å². The molecule has 0 unspecified atom stereocenters. The summed E-state index contributed by atoms with van der Waals surface area (Å²) in [4.78, 5) is 13.7. The fourth-order valence-corrected chi connectivity index (χ4v) is 4.49. The number of carbonyl (C=O) groups excluding carboxylic acids is 1. The Hall–Kier alpha value is -2.07. The molecular weight excluding hydrogens is 412 g/mol. The molecule has 1 aliphatic rings. The van der Waals surface area contributed by atoms with Gasteiger partial charge in [-0.25, -0.2) is 13.1 Å². The largest absolute Gasteiger partial charge is 0.496 e. The first-order valence-electron chi connectivity index (χ1n) is 9.17. The van der Waals surface area contributed by atoms with Crippen LogP contribution in [0.3, 0.4) is 0 Å². The van der Waals surface area contributed by atoms with Crippen LogP contribution in [0.25, 0.3) is 0 Å². The zero-order valence-electron chi connectivity index (χ0n) is 16.3. The van der Waals surface area contributed by atoms with Crippen molar-refractivity contribution in [3.8, 4) is 5.75 Å². The number of rotatable bonds is 8. The summed E-state index contributed by atoms with van der Waals surface area (Å²) in [7, 11) is -2.12. The molecule has 2 aromatic carbocycles. The lowest BCUT2D eigenvalue weighted by Gasteiger charge is -2.12. The van der Waals surface area contributed by atoms with Crippen molar-refractivity contribution in [2.45, 2.75) is 28.7 Å². The van der Waals surface area contributed by atoms with Gasteiger partial charge in [0, 0.05) is 23.7 Å². The van der Waals surface area contributed by atoms with Crippen LogP contribution in [0.2, 0.25) is 0 Å². The lowest BCUT2D eigenvalue weighted by Crippen LogP contribution is -2.31. The monoisotopic (exact) mass is 436 g/mol. The molecule has 3 rings (SSSR count). The van der Waals surface area contributed by atoms with Crippen LogP contribution >= 0.6 is 11.8 Å². The number of anilines is 1. The predicted molar refractivity (Wildman–Crippen MR) is 113 cm³/mol. The SMILES string of the molecule is COc1cc(SC)ccc1C(=O)Nc1ccc(S(=O)(=O)NC[C@H]2CCCO2)cc1. The lowest BCUT2D eigenvalue weighted by molar-refractivity contribution is 0.102. The van der Waals surface area contributed by atoms with Crippen molar-refractivity contribution in [3.63, 3.8) is 0 Å². The zero-order chi connectivity index (χ0) is 20.9. The third-order valence-corrected chi connectivity index (χ3v) is 6.77. The van der Waals surface area contributed by atoms with Crippen LogP contribution in [0.15, 0.2) is 52.3 Å². The predicted octanol–water partition coefficient (Wildman–Crippen LogP) is 3.13. The minimum atomic E-state index is -3.63. The molecule has 1 heterocycles. The number of methoxy groups -OCH3 is 1. The smallest absolute Gasteiger partial charge is 0.259 e. The quantitative estimate of drug-likeness (QED) is 0.618. The first-order chi connectivity index (χ1) is 13.9. The Morgan fingerprint density at radius 3 is 2.62 bits per heavy atom. The molecule has 0 aliphatic carbocycles. The molecule has 1 aliphatic heterocycles. The molecule has 0 spiro atoms. The maximum Gasteiger partial charge on any atom is 0.259 e. The maximum absolute atomic E-state index is 12.6. The zero-order valence-corrected chi connectivity index (χ0v) is 17.9. The highest BCUT2D eigenvalue weighted by Crippen LogP contribution is 2.26. The molecule has 1 amide bonds. The van der Waals surface area contributed by atoms with Crippen LogP contribution in [0, 0.1) is 0 Å². The Balaban J connectivity index is 1.66. The average molecular weight is 437 g/mol. The summed E-state index contributed by atoms with van der Waals surface area (Å²) in [6.07, 6.45) is 3.68.